The van der Waals surface area contributed by atoms with E-state index in [1.165, 1.54) is 0 Å². The maximum atomic E-state index is 12.5. The third-order valence-electron chi connectivity index (χ3n) is 4.12. The van der Waals surface area contributed by atoms with Crippen LogP contribution in [0.2, 0.25) is 0 Å². The third-order valence-corrected chi connectivity index (χ3v) is 4.61. The van der Waals surface area contributed by atoms with Gasteiger partial charge in [-0.3, -0.25) is 14.5 Å². The minimum atomic E-state index is 0.0509. The van der Waals surface area contributed by atoms with Gasteiger partial charge in [0.15, 0.2) is 0 Å². The first-order valence-electron chi connectivity index (χ1n) is 8.06. The Morgan fingerprint density at radius 1 is 1.26 bits per heavy atom. The minimum Gasteiger partial charge on any atom is -0.353 e. The third kappa shape index (κ3) is 5.32. The van der Waals surface area contributed by atoms with Crippen LogP contribution in [0.4, 0.5) is 0 Å². The van der Waals surface area contributed by atoms with E-state index in [1.54, 1.807) is 0 Å². The SMILES string of the molecule is CCC(C)NC(=O)CN1CCN(C(=O)c2cccc(Br)c2)CC1. The Balaban J connectivity index is 1.82. The predicted octanol–water partition coefficient (Wildman–Crippen LogP) is 2.12. The number of carbonyl (C=O) groups excluding carboxylic acids is 2. The van der Waals surface area contributed by atoms with Crippen LogP contribution in [0, 0.1) is 0 Å². The average molecular weight is 382 g/mol. The van der Waals surface area contributed by atoms with Gasteiger partial charge in [-0.25, -0.2) is 0 Å². The lowest BCUT2D eigenvalue weighted by Crippen LogP contribution is -2.51. The summed E-state index contributed by atoms with van der Waals surface area (Å²) in [4.78, 5) is 28.3. The molecule has 1 fully saturated rings. The highest BCUT2D eigenvalue weighted by Crippen LogP contribution is 2.14. The number of amides is 2. The monoisotopic (exact) mass is 381 g/mol. The minimum absolute atomic E-state index is 0.0509. The summed E-state index contributed by atoms with van der Waals surface area (Å²) < 4.78 is 0.906. The van der Waals surface area contributed by atoms with Crippen LogP contribution in [0.1, 0.15) is 30.6 Å². The summed E-state index contributed by atoms with van der Waals surface area (Å²) in [7, 11) is 0. The fourth-order valence-electron chi connectivity index (χ4n) is 2.54. The Kier molecular flexibility index (Phi) is 6.59. The number of rotatable bonds is 5. The molecule has 0 saturated carbocycles. The van der Waals surface area contributed by atoms with Gasteiger partial charge >= 0.3 is 0 Å². The quantitative estimate of drug-likeness (QED) is 0.849. The molecular formula is C17H24BrN3O2. The van der Waals surface area contributed by atoms with Crippen LogP contribution < -0.4 is 5.32 Å². The van der Waals surface area contributed by atoms with Gasteiger partial charge < -0.3 is 10.2 Å². The van der Waals surface area contributed by atoms with Gasteiger partial charge in [0.1, 0.15) is 0 Å². The summed E-state index contributed by atoms with van der Waals surface area (Å²) in [6, 6.07) is 7.66. The van der Waals surface area contributed by atoms with Crippen LogP contribution >= 0.6 is 15.9 Å². The summed E-state index contributed by atoms with van der Waals surface area (Å²) in [5.41, 5.74) is 0.697. The number of nitrogens with one attached hydrogen (secondary N) is 1. The summed E-state index contributed by atoms with van der Waals surface area (Å²) in [5.74, 6) is 0.112. The molecule has 1 N–H and O–H groups in total. The molecule has 1 aromatic carbocycles. The van der Waals surface area contributed by atoms with Crippen molar-refractivity contribution in [2.24, 2.45) is 0 Å². The van der Waals surface area contributed by atoms with Crippen molar-refractivity contribution in [1.29, 1.82) is 0 Å². The number of carbonyl (C=O) groups is 2. The molecule has 5 nitrogen and oxygen atoms in total. The molecule has 0 aliphatic carbocycles. The maximum Gasteiger partial charge on any atom is 0.253 e. The zero-order valence-corrected chi connectivity index (χ0v) is 15.3. The number of halogens is 1. The number of hydrogen-bond donors (Lipinski definition) is 1. The van der Waals surface area contributed by atoms with E-state index in [4.69, 9.17) is 0 Å². The Bertz CT molecular complexity index is 557. The zero-order valence-electron chi connectivity index (χ0n) is 13.7. The van der Waals surface area contributed by atoms with Crippen molar-refractivity contribution in [2.45, 2.75) is 26.3 Å². The largest absolute Gasteiger partial charge is 0.353 e. The van der Waals surface area contributed by atoms with Crippen LogP contribution in [0.15, 0.2) is 28.7 Å². The van der Waals surface area contributed by atoms with Gasteiger partial charge in [0.2, 0.25) is 5.91 Å². The second-order valence-electron chi connectivity index (χ2n) is 5.96. The Morgan fingerprint density at radius 2 is 1.96 bits per heavy atom. The lowest BCUT2D eigenvalue weighted by atomic mass is 10.2. The van der Waals surface area contributed by atoms with Crippen molar-refractivity contribution in [2.75, 3.05) is 32.7 Å². The molecule has 126 valence electrons. The Labute approximate surface area is 146 Å². The first-order valence-corrected chi connectivity index (χ1v) is 8.85. The van der Waals surface area contributed by atoms with Crippen molar-refractivity contribution >= 4 is 27.7 Å². The fourth-order valence-corrected chi connectivity index (χ4v) is 2.94. The van der Waals surface area contributed by atoms with Crippen molar-refractivity contribution < 1.29 is 9.59 Å². The van der Waals surface area contributed by atoms with Crippen molar-refractivity contribution in [3.63, 3.8) is 0 Å². The molecule has 0 radical (unpaired) electrons. The standard InChI is InChI=1S/C17H24BrN3O2/c1-3-13(2)19-16(22)12-20-7-9-21(10-8-20)17(23)14-5-4-6-15(18)11-14/h4-6,11,13H,3,7-10,12H2,1-2H3,(H,19,22). The van der Waals surface area contributed by atoms with Crippen molar-refractivity contribution in [1.82, 2.24) is 15.1 Å². The summed E-state index contributed by atoms with van der Waals surface area (Å²) in [6.45, 7) is 7.23. The molecule has 0 bridgehead atoms. The van der Waals surface area contributed by atoms with E-state index in [0.29, 0.717) is 25.2 Å². The molecule has 1 aliphatic rings. The van der Waals surface area contributed by atoms with Crippen molar-refractivity contribution in [3.05, 3.63) is 34.3 Å². The number of hydrogen-bond acceptors (Lipinski definition) is 3. The van der Waals surface area contributed by atoms with Crippen LogP contribution in [-0.4, -0.2) is 60.4 Å². The smallest absolute Gasteiger partial charge is 0.253 e. The van der Waals surface area contributed by atoms with E-state index < -0.39 is 0 Å². The van der Waals surface area contributed by atoms with Crippen LogP contribution in [0.5, 0.6) is 0 Å². The molecule has 23 heavy (non-hydrogen) atoms. The number of nitrogens with zero attached hydrogens (tertiary/aromatic N) is 2. The van der Waals surface area contributed by atoms with Gasteiger partial charge in [-0.15, -0.1) is 0 Å². The van der Waals surface area contributed by atoms with Crippen LogP contribution in [0.25, 0.3) is 0 Å². The lowest BCUT2D eigenvalue weighted by molar-refractivity contribution is -0.123. The molecular weight excluding hydrogens is 358 g/mol. The second kappa shape index (κ2) is 8.45. The molecule has 1 aromatic rings. The highest BCUT2D eigenvalue weighted by molar-refractivity contribution is 9.10. The first kappa shape index (κ1) is 17.9. The van der Waals surface area contributed by atoms with E-state index in [1.807, 2.05) is 36.1 Å². The predicted molar refractivity (Wildman–Crippen MR) is 94.4 cm³/mol. The normalized spacial score (nSPS) is 16.9. The Hall–Kier alpha value is -1.40. The van der Waals surface area contributed by atoms with E-state index >= 15 is 0 Å². The van der Waals surface area contributed by atoms with Gasteiger partial charge in [-0.1, -0.05) is 28.9 Å². The zero-order chi connectivity index (χ0) is 16.8. The van der Waals surface area contributed by atoms with Crippen molar-refractivity contribution in [3.8, 4) is 0 Å². The highest BCUT2D eigenvalue weighted by Gasteiger charge is 2.23. The molecule has 6 heteroatoms. The van der Waals surface area contributed by atoms with Gasteiger partial charge in [0.05, 0.1) is 6.54 Å². The first-order chi connectivity index (χ1) is 11.0. The van der Waals surface area contributed by atoms with E-state index in [2.05, 4.69) is 33.1 Å². The molecule has 1 unspecified atom stereocenters. The Morgan fingerprint density at radius 3 is 2.57 bits per heavy atom. The van der Waals surface area contributed by atoms with Crippen LogP contribution in [-0.2, 0) is 4.79 Å². The number of piperazine rings is 1. The van der Waals surface area contributed by atoms with E-state index in [0.717, 1.165) is 24.0 Å². The summed E-state index contributed by atoms with van der Waals surface area (Å²) in [6.07, 6.45) is 0.931. The number of benzene rings is 1. The second-order valence-corrected chi connectivity index (χ2v) is 6.87. The topological polar surface area (TPSA) is 52.7 Å². The van der Waals surface area contributed by atoms with E-state index in [-0.39, 0.29) is 17.9 Å². The fraction of sp³-hybridized carbons (Fsp3) is 0.529. The molecule has 2 amide bonds. The van der Waals surface area contributed by atoms with Gasteiger partial charge in [0.25, 0.3) is 5.91 Å². The maximum absolute atomic E-state index is 12.5. The highest BCUT2D eigenvalue weighted by atomic mass is 79.9. The van der Waals surface area contributed by atoms with Gasteiger partial charge in [-0.2, -0.15) is 0 Å². The molecule has 0 spiro atoms. The molecule has 0 aromatic heterocycles. The molecule has 1 heterocycles. The summed E-state index contributed by atoms with van der Waals surface area (Å²) >= 11 is 3.39. The van der Waals surface area contributed by atoms with Crippen LogP contribution in [0.3, 0.4) is 0 Å². The van der Waals surface area contributed by atoms with Gasteiger partial charge in [0, 0.05) is 42.3 Å². The summed E-state index contributed by atoms with van der Waals surface area (Å²) in [5, 5.41) is 2.98. The molecule has 2 rings (SSSR count). The van der Waals surface area contributed by atoms with E-state index in [9.17, 15) is 9.59 Å². The molecule has 1 aliphatic heterocycles. The molecule has 1 atom stereocenters. The lowest BCUT2D eigenvalue weighted by Gasteiger charge is -2.34. The average Bonchev–Trinajstić information content (AvgIpc) is 2.54. The van der Waals surface area contributed by atoms with Gasteiger partial charge in [-0.05, 0) is 31.5 Å². The molecule has 1 saturated heterocycles.